The number of carbonyl (C=O) groups excluding carboxylic acids is 1. The smallest absolute Gasteiger partial charge is 0.173 e. The number of hydrogen-bond acceptors (Lipinski definition) is 3. The lowest BCUT2D eigenvalue weighted by Crippen LogP contribution is -2.47. The van der Waals surface area contributed by atoms with Gasteiger partial charge >= 0.3 is 0 Å². The number of thiocarbonyl (C=S) groups is 1. The number of benzene rings is 2. The van der Waals surface area contributed by atoms with E-state index >= 15 is 0 Å². The number of nitrogens with zero attached hydrogens (tertiary/aromatic N) is 1. The summed E-state index contributed by atoms with van der Waals surface area (Å²) in [5, 5.41) is 4.00. The van der Waals surface area contributed by atoms with Crippen molar-refractivity contribution in [2.75, 3.05) is 7.05 Å². The summed E-state index contributed by atoms with van der Waals surface area (Å²) in [5.74, 6) is 1.02. The normalized spacial score (nSPS) is 19.4. The number of ketones is 1. The second-order valence-corrected chi connectivity index (χ2v) is 7.81. The van der Waals surface area contributed by atoms with Crippen LogP contribution in [0, 0.1) is 6.92 Å². The average Bonchev–Trinajstić information content (AvgIpc) is 2.71. The minimum absolute atomic E-state index is 0.183. The molecular formula is C23H24N2O2S. The van der Waals surface area contributed by atoms with Crippen LogP contribution < -0.4 is 10.1 Å². The molecule has 28 heavy (non-hydrogen) atoms. The van der Waals surface area contributed by atoms with E-state index in [2.05, 4.69) is 36.5 Å². The zero-order chi connectivity index (χ0) is 19.7. The molecule has 0 fully saturated rings. The molecule has 1 N–H and O–H groups in total. The van der Waals surface area contributed by atoms with Crippen molar-refractivity contribution in [2.45, 2.75) is 38.8 Å². The van der Waals surface area contributed by atoms with Crippen LogP contribution in [0.4, 0.5) is 0 Å². The fourth-order valence-corrected chi connectivity index (χ4v) is 4.02. The zero-order valence-electron chi connectivity index (χ0n) is 16.2. The number of hydrogen-bond donors (Lipinski definition) is 1. The van der Waals surface area contributed by atoms with Crippen molar-refractivity contribution in [2.24, 2.45) is 0 Å². The van der Waals surface area contributed by atoms with E-state index in [-0.39, 0.29) is 11.8 Å². The third-order valence-corrected chi connectivity index (χ3v) is 5.83. The maximum atomic E-state index is 12.6. The van der Waals surface area contributed by atoms with E-state index in [1.165, 1.54) is 5.56 Å². The lowest BCUT2D eigenvalue weighted by molar-refractivity contribution is -0.116. The van der Waals surface area contributed by atoms with Crippen LogP contribution in [0.25, 0.3) is 0 Å². The summed E-state index contributed by atoms with van der Waals surface area (Å²) < 4.78 is 5.91. The summed E-state index contributed by atoms with van der Waals surface area (Å²) in [6, 6.07) is 16.1. The minimum atomic E-state index is -0.183. The molecule has 1 aliphatic heterocycles. The van der Waals surface area contributed by atoms with Crippen molar-refractivity contribution in [3.8, 4) is 5.75 Å². The second-order valence-electron chi connectivity index (χ2n) is 7.42. The number of ether oxygens (including phenoxy) is 1. The molecule has 0 saturated carbocycles. The molecule has 1 aliphatic carbocycles. The maximum absolute atomic E-state index is 12.6. The van der Waals surface area contributed by atoms with Gasteiger partial charge in [0.1, 0.15) is 12.4 Å². The maximum Gasteiger partial charge on any atom is 0.173 e. The number of Topliss-reactive ketones (excluding diaryl/α,β-unsaturated/α-hetero) is 1. The van der Waals surface area contributed by atoms with Crippen LogP contribution in [0.5, 0.6) is 5.75 Å². The predicted molar refractivity (Wildman–Crippen MR) is 114 cm³/mol. The molecule has 1 atom stereocenters. The number of allylic oxidation sites excluding steroid dienone is 1. The molecule has 0 aromatic heterocycles. The summed E-state index contributed by atoms with van der Waals surface area (Å²) in [6.07, 6.45) is 2.39. The quantitative estimate of drug-likeness (QED) is 0.779. The molecule has 0 bridgehead atoms. The standard InChI is InChI=1S/C23H24N2O2S/c1-15-6-8-16(9-7-15)14-27-18-12-10-17(11-13-18)22-21-19(4-3-5-20(21)26)25(2)23(28)24-22/h6-13,22H,3-5,14H2,1-2H3,(H,24,28). The molecule has 2 aromatic carbocycles. The van der Waals surface area contributed by atoms with Gasteiger partial charge in [0.2, 0.25) is 0 Å². The van der Waals surface area contributed by atoms with Gasteiger partial charge in [0.25, 0.3) is 0 Å². The highest BCUT2D eigenvalue weighted by atomic mass is 32.1. The van der Waals surface area contributed by atoms with Gasteiger partial charge in [-0.2, -0.15) is 0 Å². The Hall–Kier alpha value is -2.66. The van der Waals surface area contributed by atoms with Gasteiger partial charge in [-0.25, -0.2) is 0 Å². The largest absolute Gasteiger partial charge is 0.489 e. The van der Waals surface area contributed by atoms with E-state index in [0.29, 0.717) is 18.1 Å². The molecule has 1 unspecified atom stereocenters. The number of aryl methyl sites for hydroxylation is 1. The van der Waals surface area contributed by atoms with Crippen LogP contribution in [0.3, 0.4) is 0 Å². The molecule has 144 valence electrons. The molecule has 0 saturated heterocycles. The van der Waals surface area contributed by atoms with Crippen LogP contribution >= 0.6 is 12.2 Å². The first-order valence-corrected chi connectivity index (χ1v) is 10.0. The van der Waals surface area contributed by atoms with Gasteiger partial charge in [-0.05, 0) is 55.2 Å². The SMILES string of the molecule is Cc1ccc(COc2ccc(C3NC(=S)N(C)C4=C3C(=O)CCC4)cc2)cc1. The van der Waals surface area contributed by atoms with E-state index in [4.69, 9.17) is 17.0 Å². The third-order valence-electron chi connectivity index (χ3n) is 5.43. The molecule has 4 rings (SSSR count). The molecule has 0 amide bonds. The fourth-order valence-electron chi connectivity index (χ4n) is 3.80. The zero-order valence-corrected chi connectivity index (χ0v) is 17.0. The van der Waals surface area contributed by atoms with Crippen molar-refractivity contribution < 1.29 is 9.53 Å². The Bertz CT molecular complexity index is 932. The highest BCUT2D eigenvalue weighted by Crippen LogP contribution is 2.37. The molecule has 1 heterocycles. The lowest BCUT2D eigenvalue weighted by Gasteiger charge is -2.39. The Labute approximate surface area is 171 Å². The third kappa shape index (κ3) is 3.67. The van der Waals surface area contributed by atoms with E-state index in [1.54, 1.807) is 0 Å². The summed E-state index contributed by atoms with van der Waals surface area (Å²) in [6.45, 7) is 2.61. The van der Waals surface area contributed by atoms with Crippen molar-refractivity contribution in [3.05, 3.63) is 76.5 Å². The number of rotatable bonds is 4. The van der Waals surface area contributed by atoms with Crippen LogP contribution in [-0.2, 0) is 11.4 Å². The molecule has 0 radical (unpaired) electrons. The molecular weight excluding hydrogens is 368 g/mol. The van der Waals surface area contributed by atoms with Gasteiger partial charge in [0.15, 0.2) is 10.9 Å². The first-order valence-electron chi connectivity index (χ1n) is 9.61. The van der Waals surface area contributed by atoms with E-state index in [1.807, 2.05) is 36.2 Å². The second kappa shape index (κ2) is 7.76. The lowest BCUT2D eigenvalue weighted by atomic mass is 9.85. The molecule has 2 aliphatic rings. The van der Waals surface area contributed by atoms with Crippen LogP contribution in [0.2, 0.25) is 0 Å². The van der Waals surface area contributed by atoms with E-state index in [0.717, 1.165) is 41.0 Å². The molecule has 5 heteroatoms. The Morgan fingerprint density at radius 3 is 2.54 bits per heavy atom. The van der Waals surface area contributed by atoms with Gasteiger partial charge in [0.05, 0.1) is 6.04 Å². The Kier molecular flexibility index (Phi) is 5.18. The minimum Gasteiger partial charge on any atom is -0.489 e. The van der Waals surface area contributed by atoms with Crippen molar-refractivity contribution in [1.82, 2.24) is 10.2 Å². The highest BCUT2D eigenvalue weighted by Gasteiger charge is 2.35. The Morgan fingerprint density at radius 2 is 1.82 bits per heavy atom. The Morgan fingerprint density at radius 1 is 1.11 bits per heavy atom. The first-order chi connectivity index (χ1) is 13.5. The fraction of sp³-hybridized carbons (Fsp3) is 0.304. The van der Waals surface area contributed by atoms with Crippen molar-refractivity contribution in [3.63, 3.8) is 0 Å². The molecule has 0 spiro atoms. The van der Waals surface area contributed by atoms with Gasteiger partial charge in [0, 0.05) is 24.7 Å². The predicted octanol–water partition coefficient (Wildman–Crippen LogP) is 4.44. The van der Waals surface area contributed by atoms with E-state index in [9.17, 15) is 4.79 Å². The summed E-state index contributed by atoms with van der Waals surface area (Å²) >= 11 is 5.49. The number of nitrogens with one attached hydrogen (secondary N) is 1. The van der Waals surface area contributed by atoms with Crippen molar-refractivity contribution >= 4 is 23.1 Å². The van der Waals surface area contributed by atoms with Gasteiger partial charge in [-0.1, -0.05) is 42.0 Å². The Balaban J connectivity index is 1.53. The van der Waals surface area contributed by atoms with E-state index < -0.39 is 0 Å². The average molecular weight is 393 g/mol. The first kappa shape index (κ1) is 18.7. The summed E-state index contributed by atoms with van der Waals surface area (Å²) in [7, 11) is 1.93. The van der Waals surface area contributed by atoms with Crippen LogP contribution in [-0.4, -0.2) is 22.8 Å². The number of carbonyl (C=O) groups is 1. The highest BCUT2D eigenvalue weighted by molar-refractivity contribution is 7.80. The van der Waals surface area contributed by atoms with Gasteiger partial charge < -0.3 is 15.0 Å². The van der Waals surface area contributed by atoms with Gasteiger partial charge in [-0.3, -0.25) is 4.79 Å². The van der Waals surface area contributed by atoms with Crippen molar-refractivity contribution in [1.29, 1.82) is 0 Å². The van der Waals surface area contributed by atoms with Crippen LogP contribution in [0.15, 0.2) is 59.8 Å². The summed E-state index contributed by atoms with van der Waals surface area (Å²) in [4.78, 5) is 14.6. The monoisotopic (exact) mass is 392 g/mol. The van der Waals surface area contributed by atoms with Gasteiger partial charge in [-0.15, -0.1) is 0 Å². The topological polar surface area (TPSA) is 41.6 Å². The molecule has 2 aromatic rings. The molecule has 4 nitrogen and oxygen atoms in total. The summed E-state index contributed by atoms with van der Waals surface area (Å²) in [5.41, 5.74) is 5.32. The van der Waals surface area contributed by atoms with Crippen LogP contribution in [0.1, 0.15) is 42.0 Å².